The molecule has 1 aromatic rings. The molecule has 2 N–H and O–H groups in total. The smallest absolute Gasteiger partial charge is 0.324 e. The third-order valence-electron chi connectivity index (χ3n) is 3.63. The number of benzene rings is 1. The molecular formula is C14H19ClN3O2+. The van der Waals surface area contributed by atoms with Gasteiger partial charge in [0.25, 0.3) is 5.91 Å². The molecular weight excluding hydrogens is 278 g/mol. The number of hydrogen-bond donors (Lipinski definition) is 2. The average molecular weight is 297 g/mol. The Morgan fingerprint density at radius 3 is 2.65 bits per heavy atom. The van der Waals surface area contributed by atoms with Crippen LogP contribution in [-0.4, -0.2) is 43.0 Å². The van der Waals surface area contributed by atoms with Gasteiger partial charge in [-0.1, -0.05) is 23.7 Å². The van der Waals surface area contributed by atoms with E-state index in [0.29, 0.717) is 24.7 Å². The van der Waals surface area contributed by atoms with Gasteiger partial charge in [0.2, 0.25) is 0 Å². The minimum absolute atomic E-state index is 0.133. The molecule has 1 unspecified atom stereocenters. The van der Waals surface area contributed by atoms with Crippen LogP contribution >= 0.6 is 11.6 Å². The van der Waals surface area contributed by atoms with Gasteiger partial charge in [0, 0.05) is 23.7 Å². The van der Waals surface area contributed by atoms with Crippen molar-refractivity contribution in [2.75, 3.05) is 20.1 Å². The molecule has 1 aromatic carbocycles. The molecule has 0 aromatic heterocycles. The largest absolute Gasteiger partial charge is 0.336 e. The van der Waals surface area contributed by atoms with Crippen molar-refractivity contribution in [3.63, 3.8) is 0 Å². The van der Waals surface area contributed by atoms with Crippen molar-refractivity contribution in [3.05, 3.63) is 34.9 Å². The van der Waals surface area contributed by atoms with Crippen LogP contribution in [0.5, 0.6) is 0 Å². The van der Waals surface area contributed by atoms with Crippen LogP contribution in [0.1, 0.15) is 12.5 Å². The Bertz CT molecular complexity index is 504. The first kappa shape index (κ1) is 14.8. The Hall–Kier alpha value is -1.59. The zero-order chi connectivity index (χ0) is 14.7. The number of carbonyl (C=O) groups excluding carboxylic acids is 2. The number of hydrogen-bond acceptors (Lipinski definition) is 2. The summed E-state index contributed by atoms with van der Waals surface area (Å²) < 4.78 is 0. The number of likely N-dealkylation sites (N-methyl/N-ethyl adjacent to an activating group) is 1. The van der Waals surface area contributed by atoms with Gasteiger partial charge >= 0.3 is 6.03 Å². The fourth-order valence-corrected chi connectivity index (χ4v) is 2.33. The second kappa shape index (κ2) is 6.24. The third kappa shape index (κ3) is 3.29. The predicted molar refractivity (Wildman–Crippen MR) is 76.6 cm³/mol. The van der Waals surface area contributed by atoms with E-state index in [0.717, 1.165) is 10.5 Å². The molecule has 1 heterocycles. The molecule has 1 aliphatic rings. The monoisotopic (exact) mass is 296 g/mol. The van der Waals surface area contributed by atoms with Gasteiger partial charge in [0.1, 0.15) is 6.54 Å². The summed E-state index contributed by atoms with van der Waals surface area (Å²) in [6.45, 7) is 3.54. The van der Waals surface area contributed by atoms with Crippen molar-refractivity contribution in [1.29, 1.82) is 0 Å². The van der Waals surface area contributed by atoms with Gasteiger partial charge in [0.15, 0.2) is 6.04 Å². The molecule has 108 valence electrons. The highest BCUT2D eigenvalue weighted by atomic mass is 35.5. The zero-order valence-corrected chi connectivity index (χ0v) is 12.4. The van der Waals surface area contributed by atoms with E-state index >= 15 is 0 Å². The molecule has 2 atom stereocenters. The molecule has 1 saturated heterocycles. The summed E-state index contributed by atoms with van der Waals surface area (Å²) in [7, 11) is 1.95. The van der Waals surface area contributed by atoms with Crippen LogP contribution in [0.3, 0.4) is 0 Å². The second-order valence-corrected chi connectivity index (χ2v) is 5.53. The van der Waals surface area contributed by atoms with Gasteiger partial charge in [-0.15, -0.1) is 0 Å². The molecule has 1 aliphatic heterocycles. The van der Waals surface area contributed by atoms with Crippen molar-refractivity contribution in [2.24, 2.45) is 0 Å². The van der Waals surface area contributed by atoms with Crippen molar-refractivity contribution < 1.29 is 14.5 Å². The molecule has 0 radical (unpaired) electrons. The summed E-state index contributed by atoms with van der Waals surface area (Å²) >= 11 is 5.85. The summed E-state index contributed by atoms with van der Waals surface area (Å²) in [5, 5.41) is 3.34. The van der Waals surface area contributed by atoms with E-state index in [-0.39, 0.29) is 18.0 Å². The first-order valence-corrected chi connectivity index (χ1v) is 7.03. The Balaban J connectivity index is 1.97. The van der Waals surface area contributed by atoms with Crippen molar-refractivity contribution in [3.8, 4) is 0 Å². The van der Waals surface area contributed by atoms with Crippen LogP contribution in [0.15, 0.2) is 24.3 Å². The second-order valence-electron chi connectivity index (χ2n) is 5.09. The molecule has 0 spiro atoms. The standard InChI is InChI=1S/C14H18ClN3O2/c1-10(13(19)18-8-7-16-14(18)20)17(2)9-11-3-5-12(15)6-4-11/h3-6,10H,7-9H2,1-2H3,(H,16,20)/p+1/t10-/m1/s1. The lowest BCUT2D eigenvalue weighted by atomic mass is 10.2. The summed E-state index contributed by atoms with van der Waals surface area (Å²) in [4.78, 5) is 26.1. The first-order chi connectivity index (χ1) is 9.49. The van der Waals surface area contributed by atoms with E-state index < -0.39 is 0 Å². The Labute approximate surface area is 123 Å². The van der Waals surface area contributed by atoms with Crippen molar-refractivity contribution in [2.45, 2.75) is 19.5 Å². The number of quaternary nitrogens is 1. The quantitative estimate of drug-likeness (QED) is 0.839. The summed E-state index contributed by atoms with van der Waals surface area (Å²) in [5.41, 5.74) is 1.11. The number of urea groups is 1. The van der Waals surface area contributed by atoms with Gasteiger partial charge < -0.3 is 10.2 Å². The highest BCUT2D eigenvalue weighted by Gasteiger charge is 2.33. The van der Waals surface area contributed by atoms with Crippen LogP contribution in [0.2, 0.25) is 5.02 Å². The summed E-state index contributed by atoms with van der Waals surface area (Å²) in [5.74, 6) is -0.133. The molecule has 2 rings (SSSR count). The molecule has 3 amide bonds. The molecule has 0 aliphatic carbocycles. The Morgan fingerprint density at radius 1 is 1.45 bits per heavy atom. The van der Waals surface area contributed by atoms with E-state index in [1.165, 1.54) is 4.90 Å². The van der Waals surface area contributed by atoms with E-state index in [9.17, 15) is 9.59 Å². The number of halogens is 1. The Kier molecular flexibility index (Phi) is 4.62. The van der Waals surface area contributed by atoms with Gasteiger partial charge in [0.05, 0.1) is 7.05 Å². The predicted octanol–water partition coefficient (Wildman–Crippen LogP) is 0.295. The normalized spacial score (nSPS) is 17.8. The minimum atomic E-state index is -0.291. The Morgan fingerprint density at radius 2 is 2.10 bits per heavy atom. The van der Waals surface area contributed by atoms with Gasteiger partial charge in [-0.05, 0) is 19.1 Å². The number of nitrogens with one attached hydrogen (secondary N) is 2. The first-order valence-electron chi connectivity index (χ1n) is 6.65. The summed E-state index contributed by atoms with van der Waals surface area (Å²) in [6.07, 6.45) is 0. The number of imide groups is 1. The minimum Gasteiger partial charge on any atom is -0.336 e. The van der Waals surface area contributed by atoms with Gasteiger partial charge in [-0.3, -0.25) is 9.69 Å². The van der Waals surface area contributed by atoms with E-state index in [1.54, 1.807) is 0 Å². The lowest BCUT2D eigenvalue weighted by Crippen LogP contribution is -3.12. The number of nitrogens with zero attached hydrogens (tertiary/aromatic N) is 1. The maximum atomic E-state index is 12.3. The fourth-order valence-electron chi connectivity index (χ4n) is 2.20. The average Bonchev–Trinajstić information content (AvgIpc) is 2.86. The maximum Gasteiger partial charge on any atom is 0.324 e. The van der Waals surface area contributed by atoms with Crippen LogP contribution in [0, 0.1) is 0 Å². The molecule has 20 heavy (non-hydrogen) atoms. The van der Waals surface area contributed by atoms with Crippen molar-refractivity contribution >= 4 is 23.5 Å². The van der Waals surface area contributed by atoms with Crippen LogP contribution in [0.4, 0.5) is 4.79 Å². The molecule has 0 bridgehead atoms. The topological polar surface area (TPSA) is 53.9 Å². The van der Waals surface area contributed by atoms with Crippen LogP contribution in [-0.2, 0) is 11.3 Å². The molecule has 0 saturated carbocycles. The SMILES string of the molecule is C[C@H](C(=O)N1CCNC1=O)[NH+](C)Cc1ccc(Cl)cc1. The zero-order valence-electron chi connectivity index (χ0n) is 11.6. The van der Waals surface area contributed by atoms with Gasteiger partial charge in [-0.25, -0.2) is 4.79 Å². The fraction of sp³-hybridized carbons (Fsp3) is 0.429. The highest BCUT2D eigenvalue weighted by molar-refractivity contribution is 6.30. The summed E-state index contributed by atoms with van der Waals surface area (Å²) in [6, 6.07) is 7.02. The van der Waals surface area contributed by atoms with Crippen molar-refractivity contribution in [1.82, 2.24) is 10.2 Å². The van der Waals surface area contributed by atoms with Crippen LogP contribution < -0.4 is 10.2 Å². The lowest BCUT2D eigenvalue weighted by molar-refractivity contribution is -0.908. The number of rotatable bonds is 4. The maximum absolute atomic E-state index is 12.3. The van der Waals surface area contributed by atoms with Crippen LogP contribution in [0.25, 0.3) is 0 Å². The highest BCUT2D eigenvalue weighted by Crippen LogP contribution is 2.08. The van der Waals surface area contributed by atoms with E-state index in [1.807, 2.05) is 38.2 Å². The van der Waals surface area contributed by atoms with E-state index in [4.69, 9.17) is 11.6 Å². The molecule has 6 heteroatoms. The number of amides is 3. The number of carbonyl (C=O) groups is 2. The lowest BCUT2D eigenvalue weighted by Gasteiger charge is -2.24. The molecule has 1 fully saturated rings. The van der Waals surface area contributed by atoms with Gasteiger partial charge in [-0.2, -0.15) is 0 Å². The van der Waals surface area contributed by atoms with E-state index in [2.05, 4.69) is 5.32 Å². The third-order valence-corrected chi connectivity index (χ3v) is 3.88. The molecule has 5 nitrogen and oxygen atoms in total.